The predicted molar refractivity (Wildman–Crippen MR) is 73.4 cm³/mol. The summed E-state index contributed by atoms with van der Waals surface area (Å²) >= 11 is 7.93. The maximum Gasteiger partial charge on any atom is 0.125 e. The maximum atomic E-state index is 13.2. The molecule has 1 aromatic rings. The van der Waals surface area contributed by atoms with Gasteiger partial charge in [-0.05, 0) is 24.6 Å². The lowest BCUT2D eigenvalue weighted by molar-refractivity contribution is 0.513. The molecule has 5 heteroatoms. The third-order valence-corrected chi connectivity index (χ3v) is 4.83. The Hall–Kier alpha value is -0.450. The molecule has 1 aromatic carbocycles. The zero-order valence-electron chi connectivity index (χ0n) is 9.67. The molecule has 1 fully saturated rings. The number of rotatable bonds is 3. The lowest BCUT2D eigenvalue weighted by atomic mass is 9.96. The van der Waals surface area contributed by atoms with E-state index in [4.69, 9.17) is 17.3 Å². The summed E-state index contributed by atoms with van der Waals surface area (Å²) < 4.78 is 13.2. The summed E-state index contributed by atoms with van der Waals surface area (Å²) in [5, 5.41) is 4.43. The molecule has 2 unspecified atom stereocenters. The van der Waals surface area contributed by atoms with Gasteiger partial charge in [-0.2, -0.15) is 11.8 Å². The number of thioether (sulfide) groups is 1. The van der Waals surface area contributed by atoms with Crippen molar-refractivity contribution in [1.82, 2.24) is 0 Å². The van der Waals surface area contributed by atoms with Crippen LogP contribution in [0.15, 0.2) is 18.2 Å². The monoisotopic (exact) mass is 274 g/mol. The largest absolute Gasteiger partial charge is 0.376 e. The van der Waals surface area contributed by atoms with Crippen molar-refractivity contribution >= 4 is 29.1 Å². The average Bonchev–Trinajstić information content (AvgIpc) is 2.66. The average molecular weight is 275 g/mol. The molecule has 2 nitrogen and oxygen atoms in total. The summed E-state index contributed by atoms with van der Waals surface area (Å²) in [5.74, 6) is 0.639. The van der Waals surface area contributed by atoms with Crippen molar-refractivity contribution in [3.8, 4) is 0 Å². The van der Waals surface area contributed by atoms with Crippen LogP contribution in [0.5, 0.6) is 0 Å². The number of hydrogen-bond acceptors (Lipinski definition) is 3. The Morgan fingerprint density at radius 3 is 3.00 bits per heavy atom. The zero-order chi connectivity index (χ0) is 12.5. The fourth-order valence-corrected chi connectivity index (χ4v) is 3.64. The highest BCUT2D eigenvalue weighted by Gasteiger charge is 2.37. The van der Waals surface area contributed by atoms with Gasteiger partial charge in [-0.3, -0.25) is 0 Å². The van der Waals surface area contributed by atoms with Crippen LogP contribution in [-0.4, -0.2) is 23.1 Å². The molecule has 1 aliphatic heterocycles. The molecule has 3 N–H and O–H groups in total. The maximum absolute atomic E-state index is 13.2. The van der Waals surface area contributed by atoms with Crippen molar-refractivity contribution < 1.29 is 4.39 Å². The third-order valence-electron chi connectivity index (χ3n) is 3.04. The van der Waals surface area contributed by atoms with Crippen molar-refractivity contribution in [3.63, 3.8) is 0 Å². The van der Waals surface area contributed by atoms with E-state index in [9.17, 15) is 4.39 Å². The van der Waals surface area contributed by atoms with Crippen LogP contribution in [0, 0.1) is 5.82 Å². The van der Waals surface area contributed by atoms with Crippen LogP contribution in [0.4, 0.5) is 10.1 Å². The minimum atomic E-state index is -0.289. The van der Waals surface area contributed by atoms with Crippen molar-refractivity contribution in [3.05, 3.63) is 29.0 Å². The van der Waals surface area contributed by atoms with E-state index >= 15 is 0 Å². The number of hydrogen-bond donors (Lipinski definition) is 2. The Labute approximate surface area is 110 Å². The molecule has 0 aromatic heterocycles. The van der Waals surface area contributed by atoms with Crippen LogP contribution >= 0.6 is 23.4 Å². The van der Waals surface area contributed by atoms with Gasteiger partial charge in [-0.1, -0.05) is 18.5 Å². The fourth-order valence-electron chi connectivity index (χ4n) is 2.13. The Balaban J connectivity index is 2.21. The molecule has 0 bridgehead atoms. The molecule has 94 valence electrons. The quantitative estimate of drug-likeness (QED) is 0.889. The molecule has 1 heterocycles. The summed E-state index contributed by atoms with van der Waals surface area (Å²) in [4.78, 5) is 0. The molecule has 1 aliphatic rings. The second kappa shape index (κ2) is 5.04. The highest BCUT2D eigenvalue weighted by molar-refractivity contribution is 8.00. The van der Waals surface area contributed by atoms with Gasteiger partial charge in [-0.25, -0.2) is 4.39 Å². The Bertz CT molecular complexity index is 415. The van der Waals surface area contributed by atoms with Crippen molar-refractivity contribution in [2.24, 2.45) is 5.73 Å². The van der Waals surface area contributed by atoms with E-state index < -0.39 is 0 Å². The van der Waals surface area contributed by atoms with E-state index in [-0.39, 0.29) is 11.4 Å². The molecule has 0 radical (unpaired) electrons. The second-order valence-corrected chi connectivity index (χ2v) is 6.39. The van der Waals surface area contributed by atoms with Gasteiger partial charge in [0.2, 0.25) is 0 Å². The number of nitrogens with two attached hydrogens (primary N) is 1. The summed E-state index contributed by atoms with van der Waals surface area (Å²) in [5.41, 5.74) is 6.32. The summed E-state index contributed by atoms with van der Waals surface area (Å²) in [6, 6.07) is 4.34. The Morgan fingerprint density at radius 1 is 1.65 bits per heavy atom. The van der Waals surface area contributed by atoms with Crippen LogP contribution in [-0.2, 0) is 0 Å². The molecular formula is C12H16ClFN2S. The molecular weight excluding hydrogens is 259 g/mol. The third kappa shape index (κ3) is 2.87. The molecule has 0 aliphatic carbocycles. The van der Waals surface area contributed by atoms with Gasteiger partial charge in [0.05, 0.1) is 16.2 Å². The number of anilines is 1. The van der Waals surface area contributed by atoms with Crippen LogP contribution in [0.2, 0.25) is 5.02 Å². The van der Waals surface area contributed by atoms with Crippen LogP contribution in [0.1, 0.15) is 13.3 Å². The van der Waals surface area contributed by atoms with Gasteiger partial charge in [-0.15, -0.1) is 0 Å². The standard InChI is InChI=1S/C12H16ClFN2S/c1-8-5-12(6-15,7-17-8)16-11-4-9(14)2-3-10(11)13/h2-4,8,16H,5-7,15H2,1H3. The topological polar surface area (TPSA) is 38.0 Å². The number of halogens is 2. The van der Waals surface area contributed by atoms with Gasteiger partial charge < -0.3 is 11.1 Å². The highest BCUT2D eigenvalue weighted by Crippen LogP contribution is 2.37. The minimum absolute atomic E-state index is 0.165. The molecule has 0 saturated carbocycles. The summed E-state index contributed by atoms with van der Waals surface area (Å²) in [6.07, 6.45) is 0.973. The zero-order valence-corrected chi connectivity index (χ0v) is 11.2. The number of benzene rings is 1. The normalized spacial score (nSPS) is 28.4. The molecule has 0 amide bonds. The van der Waals surface area contributed by atoms with E-state index in [0.717, 1.165) is 12.2 Å². The smallest absolute Gasteiger partial charge is 0.125 e. The van der Waals surface area contributed by atoms with E-state index in [1.165, 1.54) is 12.1 Å². The van der Waals surface area contributed by atoms with Gasteiger partial charge in [0.15, 0.2) is 0 Å². The van der Waals surface area contributed by atoms with E-state index in [2.05, 4.69) is 12.2 Å². The molecule has 17 heavy (non-hydrogen) atoms. The fraction of sp³-hybridized carbons (Fsp3) is 0.500. The molecule has 1 saturated heterocycles. The van der Waals surface area contributed by atoms with Crippen LogP contribution in [0.25, 0.3) is 0 Å². The van der Waals surface area contributed by atoms with Crippen molar-refractivity contribution in [1.29, 1.82) is 0 Å². The summed E-state index contributed by atoms with van der Waals surface area (Å²) in [7, 11) is 0. The lowest BCUT2D eigenvalue weighted by Crippen LogP contribution is -2.46. The minimum Gasteiger partial charge on any atom is -0.376 e. The van der Waals surface area contributed by atoms with Gasteiger partial charge in [0.1, 0.15) is 5.82 Å². The van der Waals surface area contributed by atoms with E-state index in [1.54, 1.807) is 6.07 Å². The van der Waals surface area contributed by atoms with Gasteiger partial charge in [0.25, 0.3) is 0 Å². The summed E-state index contributed by atoms with van der Waals surface area (Å²) in [6.45, 7) is 2.70. The second-order valence-electron chi connectivity index (χ2n) is 4.56. The molecule has 0 spiro atoms. The Kier molecular flexibility index (Phi) is 3.85. The van der Waals surface area contributed by atoms with Gasteiger partial charge in [0, 0.05) is 17.5 Å². The molecule has 2 atom stereocenters. The van der Waals surface area contributed by atoms with Crippen molar-refractivity contribution in [2.75, 3.05) is 17.6 Å². The molecule has 2 rings (SSSR count). The lowest BCUT2D eigenvalue weighted by Gasteiger charge is -2.30. The first-order valence-corrected chi connectivity index (χ1v) is 7.02. The number of nitrogens with one attached hydrogen (secondary N) is 1. The van der Waals surface area contributed by atoms with Crippen LogP contribution in [0.3, 0.4) is 0 Å². The first-order chi connectivity index (χ1) is 8.04. The van der Waals surface area contributed by atoms with Gasteiger partial charge >= 0.3 is 0 Å². The van der Waals surface area contributed by atoms with E-state index in [1.807, 2.05) is 11.8 Å². The van der Waals surface area contributed by atoms with E-state index in [0.29, 0.717) is 22.5 Å². The SMILES string of the molecule is CC1CC(CN)(Nc2cc(F)ccc2Cl)CS1. The first-order valence-electron chi connectivity index (χ1n) is 5.59. The first kappa shape index (κ1) is 13.0. The Morgan fingerprint density at radius 2 is 2.41 bits per heavy atom. The van der Waals surface area contributed by atoms with Crippen molar-refractivity contribution in [2.45, 2.75) is 24.1 Å². The van der Waals surface area contributed by atoms with Crippen LogP contribution < -0.4 is 11.1 Å². The highest BCUT2D eigenvalue weighted by atomic mass is 35.5. The predicted octanol–water partition coefficient (Wildman–Crippen LogP) is 3.11.